The first-order valence-electron chi connectivity index (χ1n) is 8.75. The molecule has 2 aromatic heterocycles. The summed E-state index contributed by atoms with van der Waals surface area (Å²) in [5.41, 5.74) is 8.16. The van der Waals surface area contributed by atoms with Crippen LogP contribution in [0.4, 0.5) is 0 Å². The lowest BCUT2D eigenvalue weighted by Gasteiger charge is -2.44. The van der Waals surface area contributed by atoms with E-state index in [1.807, 2.05) is 26.1 Å². The number of ether oxygens (including phenoxy) is 1. The topological polar surface area (TPSA) is 84.0 Å². The van der Waals surface area contributed by atoms with Crippen LogP contribution in [-0.4, -0.2) is 46.9 Å². The van der Waals surface area contributed by atoms with Gasteiger partial charge in [-0.2, -0.15) is 0 Å². The lowest BCUT2D eigenvalue weighted by atomic mass is 9.89. The molecule has 1 unspecified atom stereocenters. The van der Waals surface area contributed by atoms with Crippen molar-refractivity contribution < 1.29 is 9.84 Å². The smallest absolute Gasteiger partial charge is 0.194 e. The molecule has 3 atom stereocenters. The van der Waals surface area contributed by atoms with Crippen LogP contribution in [0, 0.1) is 11.8 Å². The predicted octanol–water partition coefficient (Wildman–Crippen LogP) is 2.38. The number of nitrogens with two attached hydrogens (primary N) is 1. The van der Waals surface area contributed by atoms with E-state index < -0.39 is 17.9 Å². The number of pyridine rings is 1. The largest absolute Gasteiger partial charge is 0.371 e. The molecule has 7 heteroatoms. The Labute approximate surface area is 163 Å². The number of guanidine groups is 1. The van der Waals surface area contributed by atoms with Crippen molar-refractivity contribution in [3.8, 4) is 23.0 Å². The first kappa shape index (κ1) is 19.4. The van der Waals surface area contributed by atoms with Gasteiger partial charge >= 0.3 is 0 Å². The van der Waals surface area contributed by atoms with Gasteiger partial charge in [0.25, 0.3) is 0 Å². The van der Waals surface area contributed by atoms with Crippen LogP contribution in [-0.2, 0) is 10.3 Å². The number of aliphatic hydroxyl groups excluding tert-OH is 1. The summed E-state index contributed by atoms with van der Waals surface area (Å²) in [5.74, 6) is 6.21. The standard InChI is InChI=1S/C20H24N4O2S/c1-5-7-13-8-14(11-22-10-13)15-9-16(27-12-15)20(3)17(26-6-2)18(25)24(4)19(21)23-20/h8-12,17-18,25H,6H2,1-4H3,(H2,21,23)/t17-,18?,20-/m1/s1. The zero-order valence-electron chi connectivity index (χ0n) is 15.9. The second kappa shape index (κ2) is 7.69. The molecule has 0 amide bonds. The third-order valence-electron chi connectivity index (χ3n) is 4.72. The van der Waals surface area contributed by atoms with Crippen LogP contribution in [0.25, 0.3) is 11.1 Å². The van der Waals surface area contributed by atoms with Crippen molar-refractivity contribution in [3.63, 3.8) is 0 Å². The van der Waals surface area contributed by atoms with E-state index in [0.717, 1.165) is 21.6 Å². The number of aromatic nitrogens is 1. The third kappa shape index (κ3) is 3.56. The van der Waals surface area contributed by atoms with Crippen LogP contribution in [0.2, 0.25) is 0 Å². The number of aliphatic hydroxyl groups is 1. The van der Waals surface area contributed by atoms with Gasteiger partial charge in [-0.25, -0.2) is 4.99 Å². The van der Waals surface area contributed by atoms with Gasteiger partial charge < -0.3 is 20.5 Å². The first-order chi connectivity index (χ1) is 12.9. The molecule has 0 saturated heterocycles. The Bertz CT molecular complexity index is 914. The molecular formula is C20H24N4O2S. The van der Waals surface area contributed by atoms with E-state index in [1.165, 1.54) is 4.90 Å². The van der Waals surface area contributed by atoms with E-state index >= 15 is 0 Å². The summed E-state index contributed by atoms with van der Waals surface area (Å²) in [6.07, 6.45) is 2.17. The van der Waals surface area contributed by atoms with Crippen molar-refractivity contribution in [2.45, 2.75) is 38.6 Å². The number of aliphatic imine (C=N–C) groups is 1. The summed E-state index contributed by atoms with van der Waals surface area (Å²) in [7, 11) is 1.71. The predicted molar refractivity (Wildman–Crippen MR) is 108 cm³/mol. The van der Waals surface area contributed by atoms with E-state index in [9.17, 15) is 5.11 Å². The molecule has 142 valence electrons. The van der Waals surface area contributed by atoms with Crippen molar-refractivity contribution in [2.24, 2.45) is 10.7 Å². The number of nitrogens with zero attached hydrogens (tertiary/aromatic N) is 3. The number of hydrogen-bond acceptors (Lipinski definition) is 7. The fraction of sp³-hybridized carbons (Fsp3) is 0.400. The maximum absolute atomic E-state index is 10.7. The second-order valence-corrected chi connectivity index (χ2v) is 7.47. The fourth-order valence-electron chi connectivity index (χ4n) is 3.20. The van der Waals surface area contributed by atoms with Gasteiger partial charge in [-0.05, 0) is 43.8 Å². The molecule has 27 heavy (non-hydrogen) atoms. The summed E-state index contributed by atoms with van der Waals surface area (Å²) in [5, 5.41) is 12.7. The first-order valence-corrected chi connectivity index (χ1v) is 9.63. The number of likely N-dealkylation sites (N-methyl/N-ethyl adjacent to an activating group) is 1. The molecule has 2 aromatic rings. The molecule has 1 aliphatic heterocycles. The van der Waals surface area contributed by atoms with Crippen LogP contribution in [0.3, 0.4) is 0 Å². The monoisotopic (exact) mass is 384 g/mol. The van der Waals surface area contributed by atoms with Gasteiger partial charge in [0.15, 0.2) is 12.2 Å². The zero-order valence-corrected chi connectivity index (χ0v) is 16.7. The van der Waals surface area contributed by atoms with Crippen LogP contribution in [0.15, 0.2) is 34.9 Å². The highest BCUT2D eigenvalue weighted by atomic mass is 32.1. The highest BCUT2D eigenvalue weighted by molar-refractivity contribution is 7.10. The maximum Gasteiger partial charge on any atom is 0.194 e. The van der Waals surface area contributed by atoms with Gasteiger partial charge in [0.1, 0.15) is 11.6 Å². The summed E-state index contributed by atoms with van der Waals surface area (Å²) in [6.45, 7) is 6.13. The Balaban J connectivity index is 2.03. The van der Waals surface area contributed by atoms with Crippen molar-refractivity contribution in [1.82, 2.24) is 9.88 Å². The lowest BCUT2D eigenvalue weighted by molar-refractivity contribution is -0.120. The van der Waals surface area contributed by atoms with Crippen molar-refractivity contribution in [1.29, 1.82) is 0 Å². The molecule has 3 N–H and O–H groups in total. The van der Waals surface area contributed by atoms with Crippen LogP contribution in [0.1, 0.15) is 31.2 Å². The third-order valence-corrected chi connectivity index (χ3v) is 5.87. The van der Waals surface area contributed by atoms with Gasteiger partial charge in [-0.1, -0.05) is 5.92 Å². The number of rotatable bonds is 4. The highest BCUT2D eigenvalue weighted by Crippen LogP contribution is 2.41. The number of thiophene rings is 1. The molecule has 1 aliphatic rings. The van der Waals surface area contributed by atoms with Crippen molar-refractivity contribution in [2.75, 3.05) is 13.7 Å². The molecule has 3 heterocycles. The van der Waals surface area contributed by atoms with E-state index in [1.54, 1.807) is 31.5 Å². The zero-order chi connectivity index (χ0) is 19.6. The fourth-order valence-corrected chi connectivity index (χ4v) is 4.25. The molecule has 0 saturated carbocycles. The van der Waals surface area contributed by atoms with E-state index in [2.05, 4.69) is 33.3 Å². The molecule has 0 bridgehead atoms. The maximum atomic E-state index is 10.7. The molecule has 0 aromatic carbocycles. The molecule has 0 spiro atoms. The minimum atomic E-state index is -0.872. The van der Waals surface area contributed by atoms with E-state index in [0.29, 0.717) is 6.61 Å². The van der Waals surface area contributed by atoms with Crippen molar-refractivity contribution >= 4 is 17.3 Å². The molecule has 0 aliphatic carbocycles. The van der Waals surface area contributed by atoms with Gasteiger partial charge in [-0.15, -0.1) is 17.3 Å². The Kier molecular flexibility index (Phi) is 5.51. The van der Waals surface area contributed by atoms with Crippen LogP contribution in [0.5, 0.6) is 0 Å². The Morgan fingerprint density at radius 2 is 2.15 bits per heavy atom. The molecule has 0 fully saturated rings. The summed E-state index contributed by atoms with van der Waals surface area (Å²) in [6, 6.07) is 4.07. The van der Waals surface area contributed by atoms with Gasteiger partial charge in [0.2, 0.25) is 0 Å². The minimum absolute atomic E-state index is 0.290. The van der Waals surface area contributed by atoms with Gasteiger partial charge in [0.05, 0.1) is 0 Å². The lowest BCUT2D eigenvalue weighted by Crippen LogP contribution is -2.60. The molecule has 3 rings (SSSR count). The average Bonchev–Trinajstić information content (AvgIpc) is 3.15. The summed E-state index contributed by atoms with van der Waals surface area (Å²) < 4.78 is 5.87. The summed E-state index contributed by atoms with van der Waals surface area (Å²) in [4.78, 5) is 11.5. The number of hydrogen-bond donors (Lipinski definition) is 2. The van der Waals surface area contributed by atoms with E-state index in [-0.39, 0.29) is 5.96 Å². The quantitative estimate of drug-likeness (QED) is 0.791. The average molecular weight is 385 g/mol. The van der Waals surface area contributed by atoms with Crippen LogP contribution >= 0.6 is 11.3 Å². The molecular weight excluding hydrogens is 360 g/mol. The SMILES string of the molecule is CC#Cc1cncc(-c2csc([C@@]3(C)N=C(N)N(C)C(O)[C@H]3OCC)c2)c1. The minimum Gasteiger partial charge on any atom is -0.371 e. The van der Waals surface area contributed by atoms with Gasteiger partial charge in [0, 0.05) is 42.1 Å². The molecule has 0 radical (unpaired) electrons. The Morgan fingerprint density at radius 1 is 1.37 bits per heavy atom. The normalized spacial score (nSPS) is 24.9. The Morgan fingerprint density at radius 3 is 2.85 bits per heavy atom. The van der Waals surface area contributed by atoms with Crippen LogP contribution < -0.4 is 5.73 Å². The highest BCUT2D eigenvalue weighted by Gasteiger charge is 2.47. The molecule has 6 nitrogen and oxygen atoms in total. The van der Waals surface area contributed by atoms with E-state index in [4.69, 9.17) is 10.5 Å². The summed E-state index contributed by atoms with van der Waals surface area (Å²) >= 11 is 1.57. The Hall–Kier alpha value is -2.40. The van der Waals surface area contributed by atoms with Crippen molar-refractivity contribution in [3.05, 3.63) is 40.3 Å². The second-order valence-electron chi connectivity index (χ2n) is 6.55. The van der Waals surface area contributed by atoms with Gasteiger partial charge in [-0.3, -0.25) is 4.98 Å².